The number of hydrogen-bond donors (Lipinski definition) is 2. The van der Waals surface area contributed by atoms with Gasteiger partial charge in [0, 0.05) is 12.2 Å². The monoisotopic (exact) mass is 258 g/mol. The largest absolute Gasteiger partial charge is 0.377 e. The van der Waals surface area contributed by atoms with Crippen LogP contribution in [-0.4, -0.2) is 6.54 Å². The van der Waals surface area contributed by atoms with Gasteiger partial charge in [0.15, 0.2) is 0 Å². The molecule has 0 bridgehead atoms. The minimum atomic E-state index is -0.185. The summed E-state index contributed by atoms with van der Waals surface area (Å²) in [6.45, 7) is 4.27. The van der Waals surface area contributed by atoms with Crippen molar-refractivity contribution in [3.8, 4) is 0 Å². The van der Waals surface area contributed by atoms with Gasteiger partial charge < -0.3 is 11.1 Å². The Kier molecular flexibility index (Phi) is 4.17. The Morgan fingerprint density at radius 1 is 1.11 bits per heavy atom. The first-order chi connectivity index (χ1) is 9.10. The third-order valence-corrected chi connectivity index (χ3v) is 3.21. The molecule has 0 saturated carbocycles. The van der Waals surface area contributed by atoms with Gasteiger partial charge in [-0.05, 0) is 43.2 Å². The summed E-state index contributed by atoms with van der Waals surface area (Å²) in [4.78, 5) is 0. The normalized spacial score (nSPS) is 12.2. The van der Waals surface area contributed by atoms with E-state index in [0.29, 0.717) is 12.1 Å². The number of benzene rings is 2. The van der Waals surface area contributed by atoms with Crippen LogP contribution >= 0.6 is 0 Å². The lowest BCUT2D eigenvalue weighted by atomic mass is 10.0. The summed E-state index contributed by atoms with van der Waals surface area (Å²) in [5, 5.41) is 3.37. The quantitative estimate of drug-likeness (QED) is 0.880. The maximum absolute atomic E-state index is 13.3. The summed E-state index contributed by atoms with van der Waals surface area (Å²) in [5.41, 5.74) is 9.69. The van der Waals surface area contributed by atoms with Crippen molar-refractivity contribution in [2.24, 2.45) is 5.73 Å². The van der Waals surface area contributed by atoms with Crippen molar-refractivity contribution < 1.29 is 4.39 Å². The standard InChI is InChI=1S/C16H19FN2/c1-11-3-6-14(7-4-11)19-16(10-18)13-5-8-15(17)12(2)9-13/h3-9,16,19H,10,18H2,1-2H3. The fourth-order valence-electron chi connectivity index (χ4n) is 2.01. The molecular formula is C16H19FN2. The predicted octanol–water partition coefficient (Wildman–Crippen LogP) is 3.55. The zero-order valence-corrected chi connectivity index (χ0v) is 11.3. The van der Waals surface area contributed by atoms with E-state index in [2.05, 4.69) is 5.32 Å². The van der Waals surface area contributed by atoms with Crippen LogP contribution in [0.1, 0.15) is 22.7 Å². The Bertz CT molecular complexity index is 549. The summed E-state index contributed by atoms with van der Waals surface area (Å²) in [6, 6.07) is 13.2. The zero-order valence-electron chi connectivity index (χ0n) is 11.3. The van der Waals surface area contributed by atoms with Gasteiger partial charge in [0.1, 0.15) is 5.82 Å². The number of halogens is 1. The van der Waals surface area contributed by atoms with Crippen molar-refractivity contribution in [1.29, 1.82) is 0 Å². The molecule has 0 aliphatic rings. The Labute approximate surface area is 113 Å². The first-order valence-electron chi connectivity index (χ1n) is 6.39. The minimum absolute atomic E-state index is 0.0120. The molecule has 3 heteroatoms. The molecule has 0 saturated heterocycles. The highest BCUT2D eigenvalue weighted by molar-refractivity contribution is 5.47. The second kappa shape index (κ2) is 5.85. The highest BCUT2D eigenvalue weighted by Crippen LogP contribution is 2.21. The second-order valence-electron chi connectivity index (χ2n) is 4.81. The first-order valence-corrected chi connectivity index (χ1v) is 6.39. The second-order valence-corrected chi connectivity index (χ2v) is 4.81. The lowest BCUT2D eigenvalue weighted by molar-refractivity contribution is 0.616. The number of rotatable bonds is 4. The third kappa shape index (κ3) is 3.32. The summed E-state index contributed by atoms with van der Waals surface area (Å²) < 4.78 is 13.3. The zero-order chi connectivity index (χ0) is 13.8. The minimum Gasteiger partial charge on any atom is -0.377 e. The van der Waals surface area contributed by atoms with Crippen LogP contribution in [0, 0.1) is 19.7 Å². The van der Waals surface area contributed by atoms with E-state index >= 15 is 0 Å². The van der Waals surface area contributed by atoms with E-state index in [-0.39, 0.29) is 11.9 Å². The Morgan fingerprint density at radius 3 is 2.37 bits per heavy atom. The molecule has 0 aromatic heterocycles. The van der Waals surface area contributed by atoms with Crippen LogP contribution in [0.5, 0.6) is 0 Å². The molecule has 0 amide bonds. The fourth-order valence-corrected chi connectivity index (χ4v) is 2.01. The van der Waals surface area contributed by atoms with Gasteiger partial charge >= 0.3 is 0 Å². The molecular weight excluding hydrogens is 239 g/mol. The lowest BCUT2D eigenvalue weighted by Gasteiger charge is -2.19. The van der Waals surface area contributed by atoms with Crippen molar-refractivity contribution >= 4 is 5.69 Å². The van der Waals surface area contributed by atoms with Crippen molar-refractivity contribution in [1.82, 2.24) is 0 Å². The Hall–Kier alpha value is -1.87. The maximum atomic E-state index is 13.3. The lowest BCUT2D eigenvalue weighted by Crippen LogP contribution is -2.20. The molecule has 0 spiro atoms. The average molecular weight is 258 g/mol. The van der Waals surface area contributed by atoms with Crippen molar-refractivity contribution in [2.75, 3.05) is 11.9 Å². The summed E-state index contributed by atoms with van der Waals surface area (Å²) in [6.07, 6.45) is 0. The Balaban J connectivity index is 2.19. The number of hydrogen-bond acceptors (Lipinski definition) is 2. The molecule has 0 heterocycles. The average Bonchev–Trinajstić information content (AvgIpc) is 2.41. The van der Waals surface area contributed by atoms with Crippen molar-refractivity contribution in [3.05, 3.63) is 65.0 Å². The van der Waals surface area contributed by atoms with Gasteiger partial charge in [0.2, 0.25) is 0 Å². The first kappa shape index (κ1) is 13.6. The van der Waals surface area contributed by atoms with Crippen LogP contribution in [0.3, 0.4) is 0 Å². The molecule has 0 radical (unpaired) electrons. The van der Waals surface area contributed by atoms with E-state index in [0.717, 1.165) is 11.3 Å². The van der Waals surface area contributed by atoms with Crippen molar-refractivity contribution in [2.45, 2.75) is 19.9 Å². The summed E-state index contributed by atoms with van der Waals surface area (Å²) in [5.74, 6) is -0.185. The molecule has 100 valence electrons. The summed E-state index contributed by atoms with van der Waals surface area (Å²) in [7, 11) is 0. The van der Waals surface area contributed by atoms with Crippen molar-refractivity contribution in [3.63, 3.8) is 0 Å². The number of nitrogens with one attached hydrogen (secondary N) is 1. The van der Waals surface area contributed by atoms with E-state index in [9.17, 15) is 4.39 Å². The van der Waals surface area contributed by atoms with Gasteiger partial charge in [-0.2, -0.15) is 0 Å². The molecule has 2 aromatic carbocycles. The number of anilines is 1. The van der Waals surface area contributed by atoms with Crippen LogP contribution in [0.15, 0.2) is 42.5 Å². The van der Waals surface area contributed by atoms with Gasteiger partial charge in [-0.15, -0.1) is 0 Å². The fraction of sp³-hybridized carbons (Fsp3) is 0.250. The maximum Gasteiger partial charge on any atom is 0.126 e. The third-order valence-electron chi connectivity index (χ3n) is 3.21. The van der Waals surface area contributed by atoms with Crippen LogP contribution in [0.2, 0.25) is 0 Å². The van der Waals surface area contributed by atoms with E-state index in [1.807, 2.05) is 37.3 Å². The van der Waals surface area contributed by atoms with E-state index in [1.54, 1.807) is 13.0 Å². The van der Waals surface area contributed by atoms with Gasteiger partial charge in [0.05, 0.1) is 6.04 Å². The van der Waals surface area contributed by atoms with E-state index in [1.165, 1.54) is 11.6 Å². The van der Waals surface area contributed by atoms with Gasteiger partial charge in [-0.3, -0.25) is 0 Å². The van der Waals surface area contributed by atoms with Crippen LogP contribution in [0.25, 0.3) is 0 Å². The van der Waals surface area contributed by atoms with E-state index in [4.69, 9.17) is 5.73 Å². The van der Waals surface area contributed by atoms with Gasteiger partial charge in [0.25, 0.3) is 0 Å². The molecule has 2 aromatic rings. The molecule has 0 aliphatic carbocycles. The highest BCUT2D eigenvalue weighted by Gasteiger charge is 2.10. The number of aryl methyl sites for hydroxylation is 2. The summed E-state index contributed by atoms with van der Waals surface area (Å²) >= 11 is 0. The molecule has 19 heavy (non-hydrogen) atoms. The predicted molar refractivity (Wildman–Crippen MR) is 77.7 cm³/mol. The topological polar surface area (TPSA) is 38.0 Å². The molecule has 3 N–H and O–H groups in total. The molecule has 0 aliphatic heterocycles. The van der Waals surface area contributed by atoms with Crippen LogP contribution in [-0.2, 0) is 0 Å². The molecule has 2 nitrogen and oxygen atoms in total. The van der Waals surface area contributed by atoms with Crippen LogP contribution < -0.4 is 11.1 Å². The smallest absolute Gasteiger partial charge is 0.126 e. The van der Waals surface area contributed by atoms with Crippen LogP contribution in [0.4, 0.5) is 10.1 Å². The SMILES string of the molecule is Cc1ccc(NC(CN)c2ccc(F)c(C)c2)cc1. The van der Waals surface area contributed by atoms with E-state index < -0.39 is 0 Å². The van der Waals surface area contributed by atoms with Gasteiger partial charge in [-0.1, -0.05) is 29.8 Å². The highest BCUT2D eigenvalue weighted by atomic mass is 19.1. The van der Waals surface area contributed by atoms with Gasteiger partial charge in [-0.25, -0.2) is 4.39 Å². The number of nitrogens with two attached hydrogens (primary N) is 1. The Morgan fingerprint density at radius 2 is 1.79 bits per heavy atom. The molecule has 0 fully saturated rings. The molecule has 1 atom stereocenters. The molecule has 2 rings (SSSR count). The molecule has 1 unspecified atom stereocenters.